The van der Waals surface area contributed by atoms with Crippen molar-refractivity contribution in [1.82, 2.24) is 10.6 Å². The Hall–Kier alpha value is -1.70. The van der Waals surface area contributed by atoms with Crippen LogP contribution in [0.15, 0.2) is 61.5 Å². The van der Waals surface area contributed by atoms with Crippen LogP contribution in [0.5, 0.6) is 0 Å². The molecule has 2 heteroatoms. The number of allylic oxidation sites excluding steroid dienone is 3. The SMILES string of the molecule is C=CCN/C=C/C(CC=C)NC1=CC2C(C=C1)C(C)(C)CCC2(C)C. The molecule has 2 rings (SSSR count). The topological polar surface area (TPSA) is 24.1 Å². The van der Waals surface area contributed by atoms with Crippen molar-refractivity contribution in [2.24, 2.45) is 22.7 Å². The molecule has 0 radical (unpaired) electrons. The number of nitrogens with one attached hydrogen (secondary N) is 2. The summed E-state index contributed by atoms with van der Waals surface area (Å²) in [6.07, 6.45) is 18.7. The van der Waals surface area contributed by atoms with Crippen molar-refractivity contribution in [3.63, 3.8) is 0 Å². The third-order valence-corrected chi connectivity index (χ3v) is 5.93. The minimum atomic E-state index is 0.252. The van der Waals surface area contributed by atoms with E-state index in [-0.39, 0.29) is 6.04 Å². The van der Waals surface area contributed by atoms with E-state index in [1.807, 2.05) is 18.4 Å². The van der Waals surface area contributed by atoms with Gasteiger partial charge in [-0.15, -0.1) is 13.2 Å². The van der Waals surface area contributed by atoms with Gasteiger partial charge in [0.05, 0.1) is 0 Å². The van der Waals surface area contributed by atoms with Crippen LogP contribution in [-0.2, 0) is 0 Å². The van der Waals surface area contributed by atoms with Gasteiger partial charge < -0.3 is 10.6 Å². The van der Waals surface area contributed by atoms with Crippen molar-refractivity contribution in [2.45, 2.75) is 53.0 Å². The average Bonchev–Trinajstić information content (AvgIpc) is 2.56. The molecule has 0 aliphatic heterocycles. The van der Waals surface area contributed by atoms with Crippen LogP contribution in [0.1, 0.15) is 47.0 Å². The Bertz CT molecular complexity index is 563. The smallest absolute Gasteiger partial charge is 0.0495 e. The van der Waals surface area contributed by atoms with Crippen LogP contribution in [0.2, 0.25) is 0 Å². The molecule has 138 valence electrons. The second kappa shape index (κ2) is 8.12. The number of hydrogen-bond acceptors (Lipinski definition) is 2. The summed E-state index contributed by atoms with van der Waals surface area (Å²) in [5.74, 6) is 1.22. The van der Waals surface area contributed by atoms with Crippen molar-refractivity contribution >= 4 is 0 Å². The van der Waals surface area contributed by atoms with Gasteiger partial charge in [-0.2, -0.15) is 0 Å². The van der Waals surface area contributed by atoms with Crippen molar-refractivity contribution in [1.29, 1.82) is 0 Å². The van der Waals surface area contributed by atoms with Gasteiger partial charge in [-0.1, -0.05) is 52.0 Å². The average molecular weight is 341 g/mol. The Labute approximate surface area is 154 Å². The van der Waals surface area contributed by atoms with Gasteiger partial charge in [-0.05, 0) is 60.3 Å². The predicted octanol–water partition coefficient (Wildman–Crippen LogP) is 5.34. The zero-order valence-electron chi connectivity index (χ0n) is 16.5. The molecule has 0 aromatic rings. The van der Waals surface area contributed by atoms with Crippen LogP contribution in [0.3, 0.4) is 0 Å². The molecule has 2 N–H and O–H groups in total. The van der Waals surface area contributed by atoms with E-state index in [1.54, 1.807) is 0 Å². The van der Waals surface area contributed by atoms with Gasteiger partial charge >= 0.3 is 0 Å². The zero-order valence-corrected chi connectivity index (χ0v) is 16.5. The molecule has 3 unspecified atom stereocenters. The maximum Gasteiger partial charge on any atom is 0.0495 e. The number of rotatable bonds is 8. The molecule has 25 heavy (non-hydrogen) atoms. The van der Waals surface area contributed by atoms with Crippen LogP contribution in [0.25, 0.3) is 0 Å². The highest BCUT2D eigenvalue weighted by Crippen LogP contribution is 2.54. The summed E-state index contributed by atoms with van der Waals surface area (Å²) >= 11 is 0. The van der Waals surface area contributed by atoms with E-state index >= 15 is 0 Å². The Morgan fingerprint density at radius 2 is 1.80 bits per heavy atom. The largest absolute Gasteiger partial charge is 0.388 e. The van der Waals surface area contributed by atoms with Crippen molar-refractivity contribution in [3.05, 3.63) is 61.5 Å². The first-order valence-electron chi connectivity index (χ1n) is 9.58. The normalized spacial score (nSPS) is 27.9. The predicted molar refractivity (Wildman–Crippen MR) is 110 cm³/mol. The minimum Gasteiger partial charge on any atom is -0.388 e. The van der Waals surface area contributed by atoms with Crippen LogP contribution in [0, 0.1) is 22.7 Å². The third-order valence-electron chi connectivity index (χ3n) is 5.93. The molecular weight excluding hydrogens is 304 g/mol. The van der Waals surface area contributed by atoms with Gasteiger partial charge in [0.1, 0.15) is 0 Å². The Balaban J connectivity index is 2.12. The molecular formula is C23H36N2. The fourth-order valence-electron chi connectivity index (χ4n) is 4.13. The lowest BCUT2D eigenvalue weighted by atomic mass is 9.53. The summed E-state index contributed by atoms with van der Waals surface area (Å²) in [4.78, 5) is 0. The fraction of sp³-hybridized carbons (Fsp3) is 0.565. The Kier molecular flexibility index (Phi) is 6.37. The number of hydrogen-bond donors (Lipinski definition) is 2. The second-order valence-electron chi connectivity index (χ2n) is 8.84. The summed E-state index contributed by atoms with van der Waals surface area (Å²) in [6, 6.07) is 0.252. The second-order valence-corrected chi connectivity index (χ2v) is 8.84. The monoisotopic (exact) mass is 340 g/mol. The lowest BCUT2D eigenvalue weighted by molar-refractivity contribution is 0.0324. The summed E-state index contributed by atoms with van der Waals surface area (Å²) in [7, 11) is 0. The Morgan fingerprint density at radius 3 is 2.44 bits per heavy atom. The van der Waals surface area contributed by atoms with E-state index in [0.29, 0.717) is 22.7 Å². The first-order chi connectivity index (χ1) is 11.8. The molecule has 1 saturated carbocycles. The van der Waals surface area contributed by atoms with E-state index in [4.69, 9.17) is 0 Å². The lowest BCUT2D eigenvalue weighted by Gasteiger charge is -2.51. The van der Waals surface area contributed by atoms with E-state index in [2.05, 4.69) is 75.8 Å². The zero-order chi connectivity index (χ0) is 18.5. The molecule has 2 nitrogen and oxygen atoms in total. The number of fused-ring (bicyclic) bond motifs is 1. The van der Waals surface area contributed by atoms with Gasteiger partial charge in [-0.3, -0.25) is 0 Å². The molecule has 0 heterocycles. The molecule has 0 aromatic carbocycles. The molecule has 0 saturated heterocycles. The van der Waals surface area contributed by atoms with Gasteiger partial charge in [-0.25, -0.2) is 0 Å². The molecule has 0 amide bonds. The lowest BCUT2D eigenvalue weighted by Crippen LogP contribution is -2.44. The van der Waals surface area contributed by atoms with Crippen LogP contribution in [-0.4, -0.2) is 12.6 Å². The minimum absolute atomic E-state index is 0.252. The van der Waals surface area contributed by atoms with Gasteiger partial charge in [0, 0.05) is 18.3 Å². The summed E-state index contributed by atoms with van der Waals surface area (Å²) < 4.78 is 0. The van der Waals surface area contributed by atoms with Gasteiger partial charge in [0.25, 0.3) is 0 Å². The van der Waals surface area contributed by atoms with Gasteiger partial charge in [0.15, 0.2) is 0 Å². The maximum atomic E-state index is 3.90. The van der Waals surface area contributed by atoms with Crippen LogP contribution in [0.4, 0.5) is 0 Å². The van der Waals surface area contributed by atoms with E-state index < -0.39 is 0 Å². The quantitative estimate of drug-likeness (QED) is 0.460. The first-order valence-corrected chi connectivity index (χ1v) is 9.58. The van der Waals surface area contributed by atoms with Crippen LogP contribution < -0.4 is 10.6 Å². The van der Waals surface area contributed by atoms with E-state index in [1.165, 1.54) is 18.5 Å². The summed E-state index contributed by atoms with van der Waals surface area (Å²) in [5.41, 5.74) is 1.98. The standard InChI is InChI=1S/C23H36N2/c1-7-9-18(12-16-24-15-8-2)25-19-10-11-20-21(17-19)23(5,6)14-13-22(20,3)4/h7-8,10-12,16-18,20-21,24-25H,1-2,9,13-15H2,3-6H3/b16-12+. The molecule has 2 aliphatic rings. The van der Waals surface area contributed by atoms with E-state index in [9.17, 15) is 0 Å². The molecule has 0 aromatic heterocycles. The van der Waals surface area contributed by atoms with Crippen molar-refractivity contribution in [3.8, 4) is 0 Å². The third kappa shape index (κ3) is 4.90. The van der Waals surface area contributed by atoms with Crippen molar-refractivity contribution in [2.75, 3.05) is 6.54 Å². The summed E-state index contributed by atoms with van der Waals surface area (Å²) in [6.45, 7) is 18.1. The summed E-state index contributed by atoms with van der Waals surface area (Å²) in [5, 5.41) is 6.90. The molecule has 0 bridgehead atoms. The molecule has 1 fully saturated rings. The van der Waals surface area contributed by atoms with E-state index in [0.717, 1.165) is 13.0 Å². The highest BCUT2D eigenvalue weighted by Gasteiger charge is 2.46. The van der Waals surface area contributed by atoms with Crippen molar-refractivity contribution < 1.29 is 0 Å². The Morgan fingerprint density at radius 1 is 1.12 bits per heavy atom. The molecule has 0 spiro atoms. The molecule has 3 atom stereocenters. The molecule has 2 aliphatic carbocycles. The fourth-order valence-corrected chi connectivity index (χ4v) is 4.13. The first kappa shape index (κ1) is 19.6. The van der Waals surface area contributed by atoms with Crippen LogP contribution >= 0.6 is 0 Å². The van der Waals surface area contributed by atoms with Gasteiger partial charge in [0.2, 0.25) is 0 Å². The highest BCUT2D eigenvalue weighted by molar-refractivity contribution is 5.29. The highest BCUT2D eigenvalue weighted by atomic mass is 14.9. The maximum absolute atomic E-state index is 3.90.